The molecule has 0 saturated heterocycles. The van der Waals surface area contributed by atoms with Crippen LogP contribution >= 0.6 is 31.9 Å². The lowest BCUT2D eigenvalue weighted by Gasteiger charge is -2.12. The van der Waals surface area contributed by atoms with Crippen LogP contribution in [-0.2, 0) is 10.1 Å². The number of hydrogen-bond acceptors (Lipinski definition) is 3. The summed E-state index contributed by atoms with van der Waals surface area (Å²) in [6.07, 6.45) is 0. The van der Waals surface area contributed by atoms with Crippen molar-refractivity contribution in [3.63, 3.8) is 0 Å². The molecule has 0 heterocycles. The van der Waals surface area contributed by atoms with Gasteiger partial charge in [0.1, 0.15) is 5.75 Å². The fourth-order valence-corrected chi connectivity index (χ4v) is 2.87. The van der Waals surface area contributed by atoms with Crippen molar-refractivity contribution in [3.8, 4) is 5.75 Å². The number of hydrogen-bond donors (Lipinski definition) is 0. The summed E-state index contributed by atoms with van der Waals surface area (Å²) in [6, 6.07) is 2.62. The Morgan fingerprint density at radius 1 is 1.44 bits per heavy atom. The zero-order chi connectivity index (χ0) is 13.7. The lowest BCUT2D eigenvalue weighted by Crippen LogP contribution is -2.10. The molecule has 7 heteroatoms. The van der Waals surface area contributed by atoms with Crippen molar-refractivity contribution >= 4 is 37.8 Å². The van der Waals surface area contributed by atoms with Gasteiger partial charge < -0.3 is 9.47 Å². The molecule has 0 spiro atoms. The first-order valence-electron chi connectivity index (χ1n) is 4.99. The molecule has 0 aliphatic carbocycles. The Hall–Kier alpha value is -0.690. The summed E-state index contributed by atoms with van der Waals surface area (Å²) < 4.78 is 33.9. The van der Waals surface area contributed by atoms with Crippen LogP contribution in [0.5, 0.6) is 5.75 Å². The van der Waals surface area contributed by atoms with Crippen LogP contribution in [0.1, 0.15) is 22.8 Å². The van der Waals surface area contributed by atoms with E-state index in [1.54, 1.807) is 6.92 Å². The van der Waals surface area contributed by atoms with E-state index in [2.05, 4.69) is 36.6 Å². The minimum absolute atomic E-state index is 0.0929. The van der Waals surface area contributed by atoms with Crippen molar-refractivity contribution in [2.24, 2.45) is 0 Å². The second-order valence-corrected chi connectivity index (χ2v) is 4.58. The molecule has 0 bridgehead atoms. The summed E-state index contributed by atoms with van der Waals surface area (Å²) in [5, 5.41) is 0.386. The summed E-state index contributed by atoms with van der Waals surface area (Å²) >= 11 is 6.43. The SMILES string of the molecule is CCOC(=O)c1cc(OC(F)F)cc(Br)c1CBr. The minimum atomic E-state index is -2.94. The molecule has 0 fully saturated rings. The summed E-state index contributed by atoms with van der Waals surface area (Å²) in [5.74, 6) is -0.669. The molecule has 0 amide bonds. The number of esters is 1. The van der Waals surface area contributed by atoms with Gasteiger partial charge in [-0.1, -0.05) is 31.9 Å². The topological polar surface area (TPSA) is 35.5 Å². The Morgan fingerprint density at radius 2 is 2.11 bits per heavy atom. The van der Waals surface area contributed by atoms with Crippen LogP contribution in [0.15, 0.2) is 16.6 Å². The van der Waals surface area contributed by atoms with Crippen molar-refractivity contribution < 1.29 is 23.0 Å². The van der Waals surface area contributed by atoms with Gasteiger partial charge in [0.05, 0.1) is 12.2 Å². The highest BCUT2D eigenvalue weighted by molar-refractivity contribution is 9.10. The maximum atomic E-state index is 12.2. The smallest absolute Gasteiger partial charge is 0.387 e. The van der Waals surface area contributed by atoms with E-state index in [1.165, 1.54) is 12.1 Å². The molecular weight excluding hydrogens is 378 g/mol. The Balaban J connectivity index is 3.18. The van der Waals surface area contributed by atoms with Crippen molar-refractivity contribution in [1.29, 1.82) is 0 Å². The van der Waals surface area contributed by atoms with E-state index in [4.69, 9.17) is 4.74 Å². The molecule has 0 saturated carbocycles. The second-order valence-electron chi connectivity index (χ2n) is 3.16. The van der Waals surface area contributed by atoms with Gasteiger partial charge in [0.2, 0.25) is 0 Å². The highest BCUT2D eigenvalue weighted by Crippen LogP contribution is 2.30. The molecule has 0 aromatic heterocycles. The van der Waals surface area contributed by atoms with Crippen molar-refractivity contribution in [1.82, 2.24) is 0 Å². The Bertz CT molecular complexity index is 439. The standard InChI is InChI=1S/C11H10Br2F2O3/c1-2-17-10(16)7-3-6(18-11(14)15)4-9(13)8(7)5-12/h3-4,11H,2,5H2,1H3. The van der Waals surface area contributed by atoms with Crippen LogP contribution < -0.4 is 4.74 Å². The maximum Gasteiger partial charge on any atom is 0.387 e. The third-order valence-electron chi connectivity index (χ3n) is 2.02. The minimum Gasteiger partial charge on any atom is -0.462 e. The summed E-state index contributed by atoms with van der Waals surface area (Å²) in [4.78, 5) is 11.7. The highest BCUT2D eigenvalue weighted by Gasteiger charge is 2.18. The lowest BCUT2D eigenvalue weighted by molar-refractivity contribution is -0.0499. The van der Waals surface area contributed by atoms with E-state index in [9.17, 15) is 13.6 Å². The van der Waals surface area contributed by atoms with Crippen LogP contribution in [-0.4, -0.2) is 19.2 Å². The first kappa shape index (κ1) is 15.4. The molecule has 0 aliphatic heterocycles. The van der Waals surface area contributed by atoms with Crippen molar-refractivity contribution in [3.05, 3.63) is 27.7 Å². The number of halogens is 4. The van der Waals surface area contributed by atoms with Gasteiger partial charge in [0, 0.05) is 9.80 Å². The van der Waals surface area contributed by atoms with E-state index < -0.39 is 12.6 Å². The van der Waals surface area contributed by atoms with E-state index in [0.29, 0.717) is 15.4 Å². The van der Waals surface area contributed by atoms with Crippen LogP contribution in [0.4, 0.5) is 8.78 Å². The quantitative estimate of drug-likeness (QED) is 0.563. The van der Waals surface area contributed by atoms with Crippen LogP contribution in [0.2, 0.25) is 0 Å². The molecule has 0 atom stereocenters. The molecule has 18 heavy (non-hydrogen) atoms. The first-order chi connectivity index (χ1) is 8.49. The van der Waals surface area contributed by atoms with Gasteiger partial charge in [-0.2, -0.15) is 8.78 Å². The summed E-state index contributed by atoms with van der Waals surface area (Å²) in [5.41, 5.74) is 0.814. The molecule has 0 unspecified atom stereocenters. The van der Waals surface area contributed by atoms with Gasteiger partial charge in [0.15, 0.2) is 0 Å². The number of rotatable bonds is 5. The Kier molecular flexibility index (Phi) is 6.01. The maximum absolute atomic E-state index is 12.2. The van der Waals surface area contributed by atoms with Crippen LogP contribution in [0.25, 0.3) is 0 Å². The zero-order valence-corrected chi connectivity index (χ0v) is 12.6. The van der Waals surface area contributed by atoms with Gasteiger partial charge in [0.25, 0.3) is 0 Å². The highest BCUT2D eigenvalue weighted by atomic mass is 79.9. The van der Waals surface area contributed by atoms with E-state index >= 15 is 0 Å². The Labute approximate surface area is 120 Å². The Morgan fingerprint density at radius 3 is 2.61 bits per heavy atom. The van der Waals surface area contributed by atoms with Gasteiger partial charge >= 0.3 is 12.6 Å². The lowest BCUT2D eigenvalue weighted by atomic mass is 10.1. The van der Waals surface area contributed by atoms with Gasteiger partial charge in [-0.25, -0.2) is 4.79 Å². The van der Waals surface area contributed by atoms with E-state index in [1.807, 2.05) is 0 Å². The number of ether oxygens (including phenoxy) is 2. The largest absolute Gasteiger partial charge is 0.462 e. The second kappa shape index (κ2) is 7.04. The van der Waals surface area contributed by atoms with Gasteiger partial charge in [-0.15, -0.1) is 0 Å². The molecule has 0 aliphatic rings. The molecular formula is C11H10Br2F2O3. The fraction of sp³-hybridized carbons (Fsp3) is 0.364. The number of carbonyl (C=O) groups is 1. The molecule has 0 radical (unpaired) electrons. The zero-order valence-electron chi connectivity index (χ0n) is 9.38. The fourth-order valence-electron chi connectivity index (χ4n) is 1.31. The molecule has 1 aromatic carbocycles. The predicted octanol–water partition coefficient (Wildman–Crippen LogP) is 4.12. The molecule has 0 N–H and O–H groups in total. The average molecular weight is 388 g/mol. The van der Waals surface area contributed by atoms with Gasteiger partial charge in [-0.05, 0) is 24.6 Å². The average Bonchev–Trinajstić information content (AvgIpc) is 2.27. The van der Waals surface area contributed by atoms with E-state index in [0.717, 1.165) is 0 Å². The van der Waals surface area contributed by atoms with Crippen LogP contribution in [0, 0.1) is 0 Å². The molecule has 3 nitrogen and oxygen atoms in total. The van der Waals surface area contributed by atoms with Crippen molar-refractivity contribution in [2.75, 3.05) is 6.61 Å². The molecule has 100 valence electrons. The molecule has 1 rings (SSSR count). The molecule has 1 aromatic rings. The monoisotopic (exact) mass is 386 g/mol. The normalized spacial score (nSPS) is 10.6. The number of benzene rings is 1. The third-order valence-corrected chi connectivity index (χ3v) is 3.29. The first-order valence-corrected chi connectivity index (χ1v) is 6.91. The van der Waals surface area contributed by atoms with E-state index in [-0.39, 0.29) is 17.9 Å². The number of alkyl halides is 3. The van der Waals surface area contributed by atoms with Gasteiger partial charge in [-0.3, -0.25) is 0 Å². The van der Waals surface area contributed by atoms with Crippen LogP contribution in [0.3, 0.4) is 0 Å². The predicted molar refractivity (Wildman–Crippen MR) is 69.4 cm³/mol. The number of carbonyl (C=O) groups excluding carboxylic acids is 1. The summed E-state index contributed by atoms with van der Waals surface area (Å²) in [6.45, 7) is -1.07. The summed E-state index contributed by atoms with van der Waals surface area (Å²) in [7, 11) is 0. The third kappa shape index (κ3) is 3.91. The van der Waals surface area contributed by atoms with Crippen molar-refractivity contribution in [2.45, 2.75) is 18.9 Å².